The molecule has 3 aromatic rings. The van der Waals surface area contributed by atoms with Crippen molar-refractivity contribution in [1.29, 1.82) is 0 Å². The average Bonchev–Trinajstić information content (AvgIpc) is 2.61. The number of aldehydes is 1. The molecule has 0 N–H and O–H groups in total. The number of carbonyl (C=O) groups is 1. The minimum absolute atomic E-state index is 0.443. The van der Waals surface area contributed by atoms with Crippen LogP contribution in [-0.2, 0) is 6.61 Å². The van der Waals surface area contributed by atoms with Gasteiger partial charge in [0.1, 0.15) is 12.4 Å². The van der Waals surface area contributed by atoms with E-state index in [1.165, 1.54) is 5.56 Å². The predicted molar refractivity (Wildman–Crippen MR) is 92.8 cm³/mol. The van der Waals surface area contributed by atoms with Crippen molar-refractivity contribution in [3.63, 3.8) is 0 Å². The van der Waals surface area contributed by atoms with Gasteiger partial charge in [-0.15, -0.1) is 0 Å². The van der Waals surface area contributed by atoms with Crippen molar-refractivity contribution >= 4 is 6.29 Å². The fourth-order valence-corrected chi connectivity index (χ4v) is 2.51. The normalized spacial score (nSPS) is 10.3. The molecule has 3 aromatic carbocycles. The van der Waals surface area contributed by atoms with Gasteiger partial charge in [-0.1, -0.05) is 72.3 Å². The molecule has 114 valence electrons. The Hall–Kier alpha value is -2.87. The molecule has 0 amide bonds. The molecule has 0 radical (unpaired) electrons. The zero-order valence-corrected chi connectivity index (χ0v) is 13.0. The van der Waals surface area contributed by atoms with Gasteiger partial charge >= 0.3 is 0 Å². The Kier molecular flexibility index (Phi) is 4.53. The summed E-state index contributed by atoms with van der Waals surface area (Å²) in [6.45, 7) is 2.49. The van der Waals surface area contributed by atoms with Gasteiger partial charge < -0.3 is 4.74 Å². The summed E-state index contributed by atoms with van der Waals surface area (Å²) in [5.74, 6) is 0.613. The molecule has 3 rings (SSSR count). The van der Waals surface area contributed by atoms with E-state index in [1.807, 2.05) is 79.7 Å². The van der Waals surface area contributed by atoms with Crippen LogP contribution in [0.25, 0.3) is 11.1 Å². The first kappa shape index (κ1) is 15.0. The van der Waals surface area contributed by atoms with Crippen LogP contribution < -0.4 is 4.74 Å². The molecule has 0 aliphatic rings. The Morgan fingerprint density at radius 2 is 1.61 bits per heavy atom. The maximum atomic E-state index is 11.6. The van der Waals surface area contributed by atoms with Crippen molar-refractivity contribution in [2.45, 2.75) is 13.5 Å². The second-order valence-electron chi connectivity index (χ2n) is 5.48. The molecular weight excluding hydrogens is 284 g/mol. The van der Waals surface area contributed by atoms with Crippen molar-refractivity contribution in [2.75, 3.05) is 0 Å². The fourth-order valence-electron chi connectivity index (χ4n) is 2.51. The number of ether oxygens (including phenoxy) is 1. The number of rotatable bonds is 5. The number of hydrogen-bond acceptors (Lipinski definition) is 2. The fraction of sp³-hybridized carbons (Fsp3) is 0.0952. The van der Waals surface area contributed by atoms with Gasteiger partial charge in [0.15, 0.2) is 6.29 Å². The smallest absolute Gasteiger partial charge is 0.154 e. The minimum atomic E-state index is 0.443. The minimum Gasteiger partial charge on any atom is -0.488 e. The third kappa shape index (κ3) is 3.49. The van der Waals surface area contributed by atoms with Gasteiger partial charge in [0.25, 0.3) is 0 Å². The molecule has 0 aliphatic carbocycles. The summed E-state index contributed by atoms with van der Waals surface area (Å²) in [5.41, 5.74) is 4.77. The first-order valence-electron chi connectivity index (χ1n) is 7.60. The Morgan fingerprint density at radius 3 is 2.30 bits per heavy atom. The summed E-state index contributed by atoms with van der Waals surface area (Å²) < 4.78 is 5.87. The topological polar surface area (TPSA) is 26.3 Å². The van der Waals surface area contributed by atoms with E-state index in [-0.39, 0.29) is 0 Å². The number of carbonyl (C=O) groups excluding carboxylic acids is 1. The second kappa shape index (κ2) is 6.93. The highest BCUT2D eigenvalue weighted by molar-refractivity contribution is 5.91. The maximum Gasteiger partial charge on any atom is 0.154 e. The van der Waals surface area contributed by atoms with Gasteiger partial charge in [-0.2, -0.15) is 0 Å². The van der Waals surface area contributed by atoms with Gasteiger partial charge in [0, 0.05) is 0 Å². The average molecular weight is 302 g/mol. The summed E-state index contributed by atoms with van der Waals surface area (Å²) >= 11 is 0. The van der Waals surface area contributed by atoms with Crippen LogP contribution in [0, 0.1) is 6.92 Å². The van der Waals surface area contributed by atoms with Crippen LogP contribution in [-0.4, -0.2) is 6.29 Å². The molecule has 23 heavy (non-hydrogen) atoms. The standard InChI is InChI=1S/C21H18O2/c1-16-10-12-18(13-11-16)19-8-5-9-21(20(19)14-22)23-15-17-6-3-2-4-7-17/h2-14H,15H2,1H3. The lowest BCUT2D eigenvalue weighted by molar-refractivity contribution is 0.111. The molecular formula is C21H18O2. The van der Waals surface area contributed by atoms with Crippen molar-refractivity contribution in [2.24, 2.45) is 0 Å². The first-order valence-corrected chi connectivity index (χ1v) is 7.60. The van der Waals surface area contributed by atoms with Crippen LogP contribution in [0.5, 0.6) is 5.75 Å². The molecule has 0 aliphatic heterocycles. The third-order valence-corrected chi connectivity index (χ3v) is 3.78. The summed E-state index contributed by atoms with van der Waals surface area (Å²) in [7, 11) is 0. The molecule has 0 heterocycles. The molecule has 0 aromatic heterocycles. The molecule has 0 fully saturated rings. The summed E-state index contributed by atoms with van der Waals surface area (Å²) in [6.07, 6.45) is 0.871. The van der Waals surface area contributed by atoms with E-state index in [0.29, 0.717) is 17.9 Å². The quantitative estimate of drug-likeness (QED) is 0.616. The SMILES string of the molecule is Cc1ccc(-c2cccc(OCc3ccccc3)c2C=O)cc1. The molecule has 0 spiro atoms. The zero-order valence-electron chi connectivity index (χ0n) is 13.0. The van der Waals surface area contributed by atoms with Crippen molar-refractivity contribution in [3.8, 4) is 16.9 Å². The molecule has 0 atom stereocenters. The van der Waals surface area contributed by atoms with Crippen LogP contribution in [0.3, 0.4) is 0 Å². The lowest BCUT2D eigenvalue weighted by atomic mass is 9.99. The van der Waals surface area contributed by atoms with Gasteiger partial charge in [0.05, 0.1) is 5.56 Å². The van der Waals surface area contributed by atoms with Crippen molar-refractivity contribution < 1.29 is 9.53 Å². The van der Waals surface area contributed by atoms with E-state index >= 15 is 0 Å². The molecule has 2 nitrogen and oxygen atoms in total. The largest absolute Gasteiger partial charge is 0.488 e. The lowest BCUT2D eigenvalue weighted by Gasteiger charge is -2.12. The van der Waals surface area contributed by atoms with Crippen molar-refractivity contribution in [3.05, 3.63) is 89.5 Å². The van der Waals surface area contributed by atoms with Crippen LogP contribution in [0.2, 0.25) is 0 Å². The second-order valence-corrected chi connectivity index (χ2v) is 5.48. The molecule has 2 heteroatoms. The van der Waals surface area contributed by atoms with Crippen LogP contribution in [0.4, 0.5) is 0 Å². The van der Waals surface area contributed by atoms with Crippen LogP contribution in [0.1, 0.15) is 21.5 Å². The van der Waals surface area contributed by atoms with Gasteiger partial charge in [0.2, 0.25) is 0 Å². The number of aryl methyl sites for hydroxylation is 1. The van der Waals surface area contributed by atoms with E-state index in [4.69, 9.17) is 4.74 Å². The highest BCUT2D eigenvalue weighted by Crippen LogP contribution is 2.30. The lowest BCUT2D eigenvalue weighted by Crippen LogP contribution is -1.99. The molecule has 0 unspecified atom stereocenters. The Bertz CT molecular complexity index is 790. The van der Waals surface area contributed by atoms with Gasteiger partial charge in [-0.25, -0.2) is 0 Å². The highest BCUT2D eigenvalue weighted by Gasteiger charge is 2.10. The monoisotopic (exact) mass is 302 g/mol. The van der Waals surface area contributed by atoms with Gasteiger partial charge in [-0.05, 0) is 29.7 Å². The summed E-state index contributed by atoms with van der Waals surface area (Å²) in [6, 6.07) is 23.8. The number of hydrogen-bond donors (Lipinski definition) is 0. The highest BCUT2D eigenvalue weighted by atomic mass is 16.5. The Morgan fingerprint density at radius 1 is 0.870 bits per heavy atom. The van der Waals surface area contributed by atoms with Gasteiger partial charge in [-0.3, -0.25) is 4.79 Å². The molecule has 0 saturated heterocycles. The maximum absolute atomic E-state index is 11.6. The third-order valence-electron chi connectivity index (χ3n) is 3.78. The van der Waals surface area contributed by atoms with E-state index in [2.05, 4.69) is 0 Å². The summed E-state index contributed by atoms with van der Waals surface area (Å²) in [4.78, 5) is 11.6. The Labute approximate surface area is 136 Å². The molecule has 0 saturated carbocycles. The first-order chi connectivity index (χ1) is 11.3. The van der Waals surface area contributed by atoms with E-state index < -0.39 is 0 Å². The van der Waals surface area contributed by atoms with E-state index in [0.717, 1.165) is 23.0 Å². The Balaban J connectivity index is 1.91. The van der Waals surface area contributed by atoms with Crippen LogP contribution >= 0.6 is 0 Å². The summed E-state index contributed by atoms with van der Waals surface area (Å²) in [5, 5.41) is 0. The van der Waals surface area contributed by atoms with E-state index in [9.17, 15) is 4.79 Å². The predicted octanol–water partition coefficient (Wildman–Crippen LogP) is 5.05. The van der Waals surface area contributed by atoms with E-state index in [1.54, 1.807) is 0 Å². The number of benzene rings is 3. The van der Waals surface area contributed by atoms with Crippen LogP contribution in [0.15, 0.2) is 72.8 Å². The van der Waals surface area contributed by atoms with Crippen molar-refractivity contribution in [1.82, 2.24) is 0 Å². The zero-order chi connectivity index (χ0) is 16.1. The molecule has 0 bridgehead atoms.